The van der Waals surface area contributed by atoms with E-state index >= 15 is 0 Å². The zero-order valence-corrected chi connectivity index (χ0v) is 17.6. The number of carbonyl (C=O) groups is 1. The summed E-state index contributed by atoms with van der Waals surface area (Å²) >= 11 is 0. The number of hydrogen-bond acceptors (Lipinski definition) is 2. The first kappa shape index (κ1) is 21.8. The molecule has 0 aliphatic heterocycles. The Labute approximate surface area is 179 Å². The lowest BCUT2D eigenvalue weighted by Gasteiger charge is -2.09. The molecule has 0 unspecified atom stereocenters. The van der Waals surface area contributed by atoms with Gasteiger partial charge in [0, 0.05) is 25.3 Å². The summed E-state index contributed by atoms with van der Waals surface area (Å²) in [6.07, 6.45) is 4.80. The molecule has 0 radical (unpaired) electrons. The van der Waals surface area contributed by atoms with Gasteiger partial charge in [-0.2, -0.15) is 0 Å². The maximum absolute atomic E-state index is 13.6. The monoisotopic (exact) mass is 402 g/mol. The molecule has 2 nitrogen and oxygen atoms in total. The minimum absolute atomic E-state index is 0.253. The van der Waals surface area contributed by atoms with Crippen LogP contribution in [0.25, 0.3) is 0 Å². The minimum atomic E-state index is -0.253. The van der Waals surface area contributed by atoms with E-state index < -0.39 is 0 Å². The number of benzene rings is 3. The average molecular weight is 402 g/mol. The number of ketones is 1. The second kappa shape index (κ2) is 11.3. The molecule has 0 spiro atoms. The molecule has 0 saturated heterocycles. The molecule has 3 rings (SSSR count). The van der Waals surface area contributed by atoms with Crippen LogP contribution in [0.4, 0.5) is 4.39 Å². The summed E-state index contributed by atoms with van der Waals surface area (Å²) < 4.78 is 19.3. The fraction of sp³-hybridized carbons (Fsp3) is 0.269. The SMILES string of the molecule is Bc1ccc(OCCc2cccc(CC(=O)CCCCc3ccccc3)c2)cc1F. The van der Waals surface area contributed by atoms with Gasteiger partial charge in [-0.15, -0.1) is 0 Å². The normalized spacial score (nSPS) is 10.7. The molecule has 0 amide bonds. The molecule has 0 aliphatic rings. The van der Waals surface area contributed by atoms with Gasteiger partial charge < -0.3 is 4.74 Å². The van der Waals surface area contributed by atoms with Crippen molar-refractivity contribution in [2.24, 2.45) is 0 Å². The van der Waals surface area contributed by atoms with Crippen LogP contribution in [-0.4, -0.2) is 20.2 Å². The summed E-state index contributed by atoms with van der Waals surface area (Å²) in [5.74, 6) is 0.573. The molecule has 0 aromatic heterocycles. The number of aryl methyl sites for hydroxylation is 1. The van der Waals surface area contributed by atoms with Gasteiger partial charge in [-0.05, 0) is 42.0 Å². The van der Waals surface area contributed by atoms with Crippen LogP contribution in [0.1, 0.15) is 36.0 Å². The van der Waals surface area contributed by atoms with Gasteiger partial charge in [-0.1, -0.05) is 66.1 Å². The third-order valence-corrected chi connectivity index (χ3v) is 5.21. The van der Waals surface area contributed by atoms with Gasteiger partial charge >= 0.3 is 0 Å². The van der Waals surface area contributed by atoms with Crippen molar-refractivity contribution >= 4 is 19.1 Å². The standard InChI is InChI=1S/C26H28BFO2/c27-25-14-13-24(19-26(25)28)30-16-15-21-10-6-11-22(17-21)18-23(29)12-5-4-9-20-7-2-1-3-8-20/h1-3,6-8,10-11,13-14,17,19H,4-5,9,12,15-16,18,27H2. The van der Waals surface area contributed by atoms with Gasteiger partial charge in [0.1, 0.15) is 25.2 Å². The number of Topliss-reactive ketones (excluding diaryl/α,β-unsaturated/α-hetero) is 1. The number of ether oxygens (including phenoxy) is 1. The molecular weight excluding hydrogens is 374 g/mol. The maximum Gasteiger partial charge on any atom is 0.143 e. The third kappa shape index (κ3) is 7.18. The zero-order valence-electron chi connectivity index (χ0n) is 17.6. The first-order valence-corrected chi connectivity index (χ1v) is 10.6. The van der Waals surface area contributed by atoms with Crippen LogP contribution in [0, 0.1) is 5.82 Å². The average Bonchev–Trinajstić information content (AvgIpc) is 2.75. The van der Waals surface area contributed by atoms with Gasteiger partial charge in [0.25, 0.3) is 0 Å². The Bertz CT molecular complexity index is 956. The number of hydrogen-bond donors (Lipinski definition) is 0. The molecule has 0 atom stereocenters. The van der Waals surface area contributed by atoms with E-state index in [2.05, 4.69) is 30.3 Å². The molecule has 0 bridgehead atoms. The number of halogens is 1. The molecule has 3 aromatic carbocycles. The summed E-state index contributed by atoms with van der Waals surface area (Å²) in [5, 5.41) is 0. The minimum Gasteiger partial charge on any atom is -0.493 e. The third-order valence-electron chi connectivity index (χ3n) is 5.21. The maximum atomic E-state index is 13.6. The van der Waals surface area contributed by atoms with Gasteiger partial charge in [0.05, 0.1) is 6.61 Å². The van der Waals surface area contributed by atoms with Crippen LogP contribution >= 0.6 is 0 Å². The van der Waals surface area contributed by atoms with Crippen molar-refractivity contribution in [3.63, 3.8) is 0 Å². The van der Waals surface area contributed by atoms with Crippen LogP contribution in [0.5, 0.6) is 5.75 Å². The largest absolute Gasteiger partial charge is 0.493 e. The first-order chi connectivity index (χ1) is 14.6. The predicted octanol–water partition coefficient (Wildman–Crippen LogP) is 4.23. The van der Waals surface area contributed by atoms with Crippen molar-refractivity contribution in [2.75, 3.05) is 6.61 Å². The van der Waals surface area contributed by atoms with Crippen molar-refractivity contribution in [2.45, 2.75) is 38.5 Å². The van der Waals surface area contributed by atoms with Crippen LogP contribution in [0.3, 0.4) is 0 Å². The van der Waals surface area contributed by atoms with E-state index in [1.807, 2.05) is 24.3 Å². The molecule has 0 heterocycles. The van der Waals surface area contributed by atoms with Crippen LogP contribution in [0.2, 0.25) is 0 Å². The molecule has 4 heteroatoms. The van der Waals surface area contributed by atoms with Crippen molar-refractivity contribution < 1.29 is 13.9 Å². The summed E-state index contributed by atoms with van der Waals surface area (Å²) in [5.41, 5.74) is 4.10. The lowest BCUT2D eigenvalue weighted by molar-refractivity contribution is -0.118. The van der Waals surface area contributed by atoms with E-state index in [0.717, 1.165) is 30.4 Å². The summed E-state index contributed by atoms with van der Waals surface area (Å²) in [6.45, 7) is 0.472. The van der Waals surface area contributed by atoms with Crippen LogP contribution < -0.4 is 10.2 Å². The Morgan fingerprint density at radius 2 is 1.60 bits per heavy atom. The lowest BCUT2D eigenvalue weighted by Crippen LogP contribution is -2.09. The smallest absolute Gasteiger partial charge is 0.143 e. The number of unbranched alkanes of at least 4 members (excludes halogenated alkanes) is 1. The van der Waals surface area contributed by atoms with Crippen molar-refractivity contribution in [3.05, 3.63) is 95.3 Å². The highest BCUT2D eigenvalue weighted by molar-refractivity contribution is 6.32. The Morgan fingerprint density at radius 1 is 0.833 bits per heavy atom. The first-order valence-electron chi connectivity index (χ1n) is 10.6. The summed E-state index contributed by atoms with van der Waals surface area (Å²) in [4.78, 5) is 12.3. The van der Waals surface area contributed by atoms with Crippen molar-refractivity contribution in [3.8, 4) is 5.75 Å². The molecular formula is C26H28BFO2. The van der Waals surface area contributed by atoms with Crippen molar-refractivity contribution in [1.82, 2.24) is 0 Å². The van der Waals surface area contributed by atoms with Crippen molar-refractivity contribution in [1.29, 1.82) is 0 Å². The molecule has 3 aromatic rings. The lowest BCUT2D eigenvalue weighted by atomic mass is 9.96. The molecule has 30 heavy (non-hydrogen) atoms. The van der Waals surface area contributed by atoms with Gasteiger partial charge in [-0.3, -0.25) is 4.79 Å². The van der Waals surface area contributed by atoms with E-state index in [1.165, 1.54) is 11.6 Å². The molecule has 0 fully saturated rings. The molecule has 0 saturated carbocycles. The van der Waals surface area contributed by atoms with Gasteiger partial charge in [0.15, 0.2) is 0 Å². The highest BCUT2D eigenvalue weighted by atomic mass is 19.1. The molecule has 154 valence electrons. The van der Waals surface area contributed by atoms with Gasteiger partial charge in [-0.25, -0.2) is 4.39 Å². The second-order valence-corrected chi connectivity index (χ2v) is 7.74. The number of rotatable bonds is 11. The van der Waals surface area contributed by atoms with E-state index in [9.17, 15) is 9.18 Å². The van der Waals surface area contributed by atoms with Crippen LogP contribution in [0.15, 0.2) is 72.8 Å². The highest BCUT2D eigenvalue weighted by Gasteiger charge is 2.06. The fourth-order valence-electron chi connectivity index (χ4n) is 3.46. The topological polar surface area (TPSA) is 26.3 Å². The summed E-state index contributed by atoms with van der Waals surface area (Å²) in [6, 6.07) is 23.4. The Kier molecular flexibility index (Phi) is 8.25. The van der Waals surface area contributed by atoms with E-state index in [4.69, 9.17) is 4.74 Å². The fourth-order valence-corrected chi connectivity index (χ4v) is 3.46. The van der Waals surface area contributed by atoms with E-state index in [-0.39, 0.29) is 11.6 Å². The van der Waals surface area contributed by atoms with Gasteiger partial charge in [0.2, 0.25) is 0 Å². The second-order valence-electron chi connectivity index (χ2n) is 7.74. The number of carbonyl (C=O) groups excluding carboxylic acids is 1. The summed E-state index contributed by atoms with van der Waals surface area (Å²) in [7, 11) is 1.73. The van der Waals surface area contributed by atoms with E-state index in [0.29, 0.717) is 37.1 Å². The zero-order chi connectivity index (χ0) is 21.2. The quantitative estimate of drug-likeness (QED) is 0.355. The highest BCUT2D eigenvalue weighted by Crippen LogP contribution is 2.13. The Balaban J connectivity index is 1.39. The predicted molar refractivity (Wildman–Crippen MR) is 123 cm³/mol. The van der Waals surface area contributed by atoms with E-state index in [1.54, 1.807) is 20.0 Å². The molecule has 0 N–H and O–H groups in total. The molecule has 0 aliphatic carbocycles. The Hall–Kier alpha value is -2.88. The Morgan fingerprint density at radius 3 is 2.40 bits per heavy atom. The van der Waals surface area contributed by atoms with Crippen LogP contribution in [-0.2, 0) is 24.1 Å².